The number of halogens is 2. The molecule has 8 nitrogen and oxygen atoms in total. The van der Waals surface area contributed by atoms with E-state index in [2.05, 4.69) is 32.6 Å². The lowest BCUT2D eigenvalue weighted by Gasteiger charge is -2.22. The summed E-state index contributed by atoms with van der Waals surface area (Å²) < 4.78 is 28.9. The first-order chi connectivity index (χ1) is 18.4. The fraction of sp³-hybridized carbons (Fsp3) is 0.333. The van der Waals surface area contributed by atoms with Gasteiger partial charge in [0.25, 0.3) is 0 Å². The van der Waals surface area contributed by atoms with Gasteiger partial charge in [-0.1, -0.05) is 23.7 Å². The van der Waals surface area contributed by atoms with Crippen LogP contribution in [0.15, 0.2) is 54.5 Å². The first-order valence-corrected chi connectivity index (χ1v) is 12.8. The highest BCUT2D eigenvalue weighted by Crippen LogP contribution is 2.47. The third-order valence-electron chi connectivity index (χ3n) is 7.51. The van der Waals surface area contributed by atoms with Crippen LogP contribution >= 0.6 is 11.6 Å². The lowest BCUT2D eigenvalue weighted by atomic mass is 10.0. The van der Waals surface area contributed by atoms with Crippen molar-refractivity contribution < 1.29 is 10.5 Å². The highest BCUT2D eigenvalue weighted by atomic mass is 35.5. The van der Waals surface area contributed by atoms with E-state index in [1.807, 2.05) is 17.3 Å². The molecule has 10 heteroatoms. The Balaban J connectivity index is 1.30. The zero-order valence-electron chi connectivity index (χ0n) is 20.8. The van der Waals surface area contributed by atoms with Gasteiger partial charge in [-0.2, -0.15) is 5.26 Å². The smallest absolute Gasteiger partial charge is 0.123 e. The summed E-state index contributed by atoms with van der Waals surface area (Å²) in [5.41, 5.74) is 9.58. The van der Waals surface area contributed by atoms with Crippen LogP contribution in [0, 0.1) is 29.0 Å². The number of hydrogen-bond donors (Lipinski definition) is 4. The number of anilines is 2. The number of rotatable bonds is 7. The summed E-state index contributed by atoms with van der Waals surface area (Å²) in [4.78, 5) is 4.46. The number of pyridine rings is 1. The van der Waals surface area contributed by atoms with Crippen LogP contribution in [0.4, 0.5) is 15.8 Å². The maximum Gasteiger partial charge on any atom is 0.123 e. The SMILES string of the molecule is [2H][C@](Nc1cc(Cl)c2ncc(C#N)c(NC3[C@H]4COC[C@@H]34)c2c1)(C1=CN(C2CC2)NN1)c1ccc(F)cc1. The molecule has 2 aliphatic carbocycles. The van der Waals surface area contributed by atoms with Gasteiger partial charge in [-0.25, -0.2) is 4.39 Å². The molecule has 2 aromatic carbocycles. The van der Waals surface area contributed by atoms with Gasteiger partial charge in [-0.3, -0.25) is 9.99 Å². The van der Waals surface area contributed by atoms with E-state index >= 15 is 0 Å². The van der Waals surface area contributed by atoms with Crippen LogP contribution in [0.25, 0.3) is 10.9 Å². The van der Waals surface area contributed by atoms with E-state index < -0.39 is 6.02 Å². The predicted molar refractivity (Wildman–Crippen MR) is 139 cm³/mol. The maximum atomic E-state index is 13.8. The Labute approximate surface area is 219 Å². The van der Waals surface area contributed by atoms with Crippen molar-refractivity contribution in [2.75, 3.05) is 23.8 Å². The molecule has 4 aliphatic rings. The van der Waals surface area contributed by atoms with E-state index in [9.17, 15) is 11.0 Å². The predicted octanol–water partition coefficient (Wildman–Crippen LogP) is 4.44. The standard InChI is InChI=1S/C27H25ClFN7O/c28-22-8-17(7-19-24(15(9-30)10-31-27(19)22)33-26-20-12-37-13-21(20)26)32-25(14-1-3-16(29)4-2-14)23-11-36(35-34-23)18-5-6-18/h1-4,7-8,10-11,18,20-21,25-26,32,34-35H,5-6,12-13H2,(H,31,33)/t20-,21+,25-,26?/m1/s1/i25D. The van der Waals surface area contributed by atoms with Gasteiger partial charge in [0.1, 0.15) is 11.9 Å². The van der Waals surface area contributed by atoms with E-state index in [0.717, 1.165) is 12.8 Å². The lowest BCUT2D eigenvalue weighted by Crippen LogP contribution is -2.38. The minimum atomic E-state index is -1.50. The first kappa shape index (κ1) is 21.5. The highest BCUT2D eigenvalue weighted by Gasteiger charge is 2.54. The fourth-order valence-electron chi connectivity index (χ4n) is 5.25. The second-order valence-corrected chi connectivity index (χ2v) is 10.4. The number of benzene rings is 2. The van der Waals surface area contributed by atoms with E-state index in [4.69, 9.17) is 16.3 Å². The molecule has 0 spiro atoms. The molecule has 0 radical (unpaired) electrons. The molecular weight excluding hydrogens is 493 g/mol. The number of aromatic nitrogens is 1. The number of nitriles is 1. The molecule has 1 saturated heterocycles. The summed E-state index contributed by atoms with van der Waals surface area (Å²) in [7, 11) is 0. The van der Waals surface area contributed by atoms with Crippen molar-refractivity contribution in [2.24, 2.45) is 11.8 Å². The Morgan fingerprint density at radius 1 is 1.24 bits per heavy atom. The van der Waals surface area contributed by atoms with Crippen molar-refractivity contribution in [3.8, 4) is 6.07 Å². The molecule has 1 unspecified atom stereocenters. The van der Waals surface area contributed by atoms with Crippen molar-refractivity contribution in [1.82, 2.24) is 21.0 Å². The average Bonchev–Trinajstić information content (AvgIpc) is 3.73. The van der Waals surface area contributed by atoms with E-state index in [0.29, 0.717) is 75.2 Å². The van der Waals surface area contributed by atoms with Gasteiger partial charge in [-0.05, 0) is 42.7 Å². The molecule has 3 heterocycles. The molecule has 1 aromatic heterocycles. The zero-order chi connectivity index (χ0) is 26.0. The minimum Gasteiger partial charge on any atom is -0.381 e. The molecule has 7 rings (SSSR count). The van der Waals surface area contributed by atoms with Crippen LogP contribution in [0.5, 0.6) is 0 Å². The molecule has 37 heavy (non-hydrogen) atoms. The van der Waals surface area contributed by atoms with Crippen molar-refractivity contribution in [1.29, 1.82) is 5.26 Å². The first-order valence-electron chi connectivity index (χ1n) is 12.9. The van der Waals surface area contributed by atoms with Crippen LogP contribution in [-0.4, -0.2) is 35.3 Å². The molecule has 0 bridgehead atoms. The van der Waals surface area contributed by atoms with Crippen molar-refractivity contribution in [3.05, 3.63) is 76.5 Å². The molecule has 4 atom stereocenters. The van der Waals surface area contributed by atoms with Crippen LogP contribution in [0.2, 0.25) is 5.02 Å². The number of ether oxygens (including phenoxy) is 1. The molecular formula is C27H25ClFN7O. The second kappa shape index (κ2) is 8.77. The summed E-state index contributed by atoms with van der Waals surface area (Å²) in [6, 6.07) is 10.8. The topological polar surface area (TPSA) is 97.3 Å². The van der Waals surface area contributed by atoms with Crippen LogP contribution in [0.1, 0.15) is 31.4 Å². The van der Waals surface area contributed by atoms with Crippen molar-refractivity contribution >= 4 is 33.9 Å². The highest BCUT2D eigenvalue weighted by molar-refractivity contribution is 6.35. The molecule has 3 aromatic rings. The van der Waals surface area contributed by atoms with Gasteiger partial charge in [-0.15, -0.1) is 5.53 Å². The lowest BCUT2D eigenvalue weighted by molar-refractivity contribution is 0.162. The normalized spacial score (nSPS) is 26.0. The van der Waals surface area contributed by atoms with Gasteiger partial charge < -0.3 is 20.8 Å². The summed E-state index contributed by atoms with van der Waals surface area (Å²) in [6.45, 7) is 1.43. The number of nitrogens with zero attached hydrogens (tertiary/aromatic N) is 3. The van der Waals surface area contributed by atoms with Gasteiger partial charge in [0.2, 0.25) is 0 Å². The molecule has 4 N–H and O–H groups in total. The van der Waals surface area contributed by atoms with E-state index in [1.54, 1.807) is 18.2 Å². The largest absolute Gasteiger partial charge is 0.381 e. The Morgan fingerprint density at radius 2 is 2.03 bits per heavy atom. The molecule has 2 aliphatic heterocycles. The number of hydrogen-bond acceptors (Lipinski definition) is 8. The summed E-state index contributed by atoms with van der Waals surface area (Å²) >= 11 is 6.71. The maximum absolute atomic E-state index is 13.8. The monoisotopic (exact) mass is 518 g/mol. The molecule has 2 saturated carbocycles. The fourth-order valence-corrected chi connectivity index (χ4v) is 5.52. The Morgan fingerprint density at radius 3 is 2.76 bits per heavy atom. The van der Waals surface area contributed by atoms with Crippen molar-refractivity contribution in [3.63, 3.8) is 0 Å². The van der Waals surface area contributed by atoms with Gasteiger partial charge in [0.05, 0.1) is 48.1 Å². The van der Waals surface area contributed by atoms with E-state index in [1.165, 1.54) is 18.3 Å². The molecule has 0 amide bonds. The number of hydrazine groups is 2. The van der Waals surface area contributed by atoms with Crippen LogP contribution in [-0.2, 0) is 4.74 Å². The van der Waals surface area contributed by atoms with Gasteiger partial charge in [0, 0.05) is 47.4 Å². The number of nitrogens with one attached hydrogen (secondary N) is 4. The molecule has 3 fully saturated rings. The third kappa shape index (κ3) is 4.11. The van der Waals surface area contributed by atoms with Gasteiger partial charge in [0.15, 0.2) is 0 Å². The second-order valence-electron chi connectivity index (χ2n) is 9.97. The quantitative estimate of drug-likeness (QED) is 0.364. The molecule has 188 valence electrons. The Hall–Kier alpha value is -3.58. The van der Waals surface area contributed by atoms with Crippen molar-refractivity contribution in [2.45, 2.75) is 30.9 Å². The van der Waals surface area contributed by atoms with E-state index in [-0.39, 0.29) is 11.9 Å². The summed E-state index contributed by atoms with van der Waals surface area (Å²) in [5.74, 6) is 0.489. The van der Waals surface area contributed by atoms with Crippen LogP contribution < -0.4 is 21.6 Å². The Bertz CT molecular complexity index is 1500. The van der Waals surface area contributed by atoms with Gasteiger partial charge >= 0.3 is 0 Å². The van der Waals surface area contributed by atoms with Crippen LogP contribution in [0.3, 0.4) is 0 Å². The third-order valence-corrected chi connectivity index (χ3v) is 7.80. The zero-order valence-corrected chi connectivity index (χ0v) is 20.5. The Kier molecular flexibility index (Phi) is 5.09. The average molecular weight is 519 g/mol. The summed E-state index contributed by atoms with van der Waals surface area (Å²) in [6.07, 6.45) is 5.57. The number of fused-ring (bicyclic) bond motifs is 2. The summed E-state index contributed by atoms with van der Waals surface area (Å²) in [5, 5.41) is 19.8. The minimum absolute atomic E-state index is 0.235.